The number of anilines is 1. The van der Waals surface area contributed by atoms with Gasteiger partial charge in [0.05, 0.1) is 24.1 Å². The van der Waals surface area contributed by atoms with E-state index in [0.717, 1.165) is 5.56 Å². The average Bonchev–Trinajstić information content (AvgIpc) is 3.39. The van der Waals surface area contributed by atoms with Crippen molar-refractivity contribution in [3.63, 3.8) is 0 Å². The largest absolute Gasteiger partial charge is 0.494 e. The van der Waals surface area contributed by atoms with Crippen molar-refractivity contribution in [1.29, 1.82) is 5.26 Å². The number of fused-ring (bicyclic) bond motifs is 2. The van der Waals surface area contributed by atoms with Crippen LogP contribution in [0.25, 0.3) is 39.3 Å². The van der Waals surface area contributed by atoms with Crippen LogP contribution in [0.15, 0.2) is 45.6 Å². The summed E-state index contributed by atoms with van der Waals surface area (Å²) < 4.78 is 12.4. The van der Waals surface area contributed by atoms with Gasteiger partial charge in [-0.25, -0.2) is 9.97 Å². The number of benzene rings is 2. The number of nitriles is 1. The van der Waals surface area contributed by atoms with Gasteiger partial charge >= 0.3 is 0 Å². The topological polar surface area (TPSA) is 135 Å². The number of nitrogens with zero attached hydrogens (tertiary/aromatic N) is 4. The lowest BCUT2D eigenvalue weighted by Crippen LogP contribution is -2.19. The SMILES string of the molecule is COc1cc(N)c(Cl)c2oc(-c3c(C)nc4c(-c5ccccc5)c(C#N)[nH]n4c3=O)nc12. The fraction of sp³-hybridized carbons (Fsp3) is 0.0909. The van der Waals surface area contributed by atoms with Crippen LogP contribution >= 0.6 is 11.6 Å². The zero-order valence-corrected chi connectivity index (χ0v) is 17.7. The molecule has 0 spiro atoms. The summed E-state index contributed by atoms with van der Waals surface area (Å²) in [7, 11) is 1.47. The number of hydrogen-bond acceptors (Lipinski definition) is 7. The smallest absolute Gasteiger partial charge is 0.285 e. The number of nitrogens with two attached hydrogens (primary N) is 1. The molecule has 0 bridgehead atoms. The first kappa shape index (κ1) is 19.7. The third kappa shape index (κ3) is 2.74. The standard InChI is InChI=1S/C22H15ClN6O3/c1-10-15(21-27-18-14(31-2)8-12(25)17(23)19(18)32-21)22(30)29-20(26-10)16(13(9-24)28-29)11-6-4-3-5-7-11/h3-8,28H,25H2,1-2H3. The number of rotatable bonds is 3. The fourth-order valence-corrected chi connectivity index (χ4v) is 3.87. The molecule has 0 aliphatic heterocycles. The Bertz CT molecular complexity index is 1630. The first-order chi connectivity index (χ1) is 15.4. The van der Waals surface area contributed by atoms with Crippen LogP contribution < -0.4 is 16.0 Å². The van der Waals surface area contributed by atoms with Crippen LogP contribution in [0, 0.1) is 18.3 Å². The van der Waals surface area contributed by atoms with Gasteiger partial charge in [-0.05, 0) is 12.5 Å². The van der Waals surface area contributed by atoms with E-state index in [-0.39, 0.29) is 33.4 Å². The molecule has 0 aliphatic rings. The van der Waals surface area contributed by atoms with Crippen molar-refractivity contribution in [1.82, 2.24) is 19.6 Å². The Hall–Kier alpha value is -4.29. The van der Waals surface area contributed by atoms with Crippen LogP contribution in [0.4, 0.5) is 5.69 Å². The summed E-state index contributed by atoms with van der Waals surface area (Å²) in [5.74, 6) is 0.381. The summed E-state index contributed by atoms with van der Waals surface area (Å²) in [6, 6.07) is 12.9. The highest BCUT2D eigenvalue weighted by atomic mass is 35.5. The number of nitrogen functional groups attached to an aromatic ring is 1. The summed E-state index contributed by atoms with van der Waals surface area (Å²) in [5.41, 5.74) is 8.59. The number of hydrogen-bond donors (Lipinski definition) is 2. The molecule has 0 amide bonds. The number of aromatic nitrogens is 4. The van der Waals surface area contributed by atoms with Crippen LogP contribution in [-0.2, 0) is 0 Å². The number of halogens is 1. The van der Waals surface area contributed by atoms with E-state index in [9.17, 15) is 10.1 Å². The minimum absolute atomic E-state index is 0.0181. The van der Waals surface area contributed by atoms with Gasteiger partial charge in [-0.3, -0.25) is 9.89 Å². The molecule has 10 heteroatoms. The first-order valence-electron chi connectivity index (χ1n) is 9.48. The lowest BCUT2D eigenvalue weighted by atomic mass is 10.1. The van der Waals surface area contributed by atoms with Gasteiger partial charge in [0, 0.05) is 6.07 Å². The zero-order valence-electron chi connectivity index (χ0n) is 16.9. The van der Waals surface area contributed by atoms with Gasteiger partial charge < -0.3 is 14.9 Å². The normalized spacial score (nSPS) is 11.2. The molecule has 0 fully saturated rings. The molecule has 3 N–H and O–H groups in total. The number of nitrogens with one attached hydrogen (secondary N) is 1. The molecule has 9 nitrogen and oxygen atoms in total. The fourth-order valence-electron chi connectivity index (χ4n) is 3.69. The Kier molecular flexibility index (Phi) is 4.39. The van der Waals surface area contributed by atoms with E-state index in [2.05, 4.69) is 21.1 Å². The molecule has 0 unspecified atom stereocenters. The Labute approximate surface area is 185 Å². The highest BCUT2D eigenvalue weighted by Crippen LogP contribution is 2.38. The minimum atomic E-state index is -0.471. The molecule has 3 heterocycles. The van der Waals surface area contributed by atoms with Crippen molar-refractivity contribution in [2.45, 2.75) is 6.92 Å². The second-order valence-corrected chi connectivity index (χ2v) is 7.43. The maximum Gasteiger partial charge on any atom is 0.285 e. The summed E-state index contributed by atoms with van der Waals surface area (Å²) in [6.45, 7) is 1.67. The Morgan fingerprint density at radius 2 is 2.00 bits per heavy atom. The van der Waals surface area contributed by atoms with Gasteiger partial charge in [0.2, 0.25) is 5.89 Å². The van der Waals surface area contributed by atoms with Gasteiger partial charge in [-0.1, -0.05) is 41.9 Å². The number of aryl methyl sites for hydroxylation is 1. The minimum Gasteiger partial charge on any atom is -0.494 e. The van der Waals surface area contributed by atoms with Crippen molar-refractivity contribution in [3.05, 3.63) is 63.2 Å². The maximum atomic E-state index is 13.4. The highest BCUT2D eigenvalue weighted by molar-refractivity contribution is 6.37. The predicted molar refractivity (Wildman–Crippen MR) is 120 cm³/mol. The monoisotopic (exact) mass is 446 g/mol. The van der Waals surface area contributed by atoms with E-state index in [1.165, 1.54) is 17.7 Å². The molecule has 2 aromatic carbocycles. The van der Waals surface area contributed by atoms with Gasteiger partial charge in [0.1, 0.15) is 22.3 Å². The van der Waals surface area contributed by atoms with Gasteiger partial charge in [0.25, 0.3) is 5.56 Å². The van der Waals surface area contributed by atoms with Gasteiger partial charge in [0.15, 0.2) is 22.5 Å². The predicted octanol–water partition coefficient (Wildman–Crippen LogP) is 3.92. The molecule has 32 heavy (non-hydrogen) atoms. The summed E-state index contributed by atoms with van der Waals surface area (Å²) >= 11 is 6.29. The first-order valence-corrected chi connectivity index (χ1v) is 9.86. The number of oxazole rings is 1. The summed E-state index contributed by atoms with van der Waals surface area (Å²) in [6.07, 6.45) is 0. The van der Waals surface area contributed by atoms with Crippen molar-refractivity contribution in [3.8, 4) is 34.4 Å². The Morgan fingerprint density at radius 3 is 2.69 bits per heavy atom. The average molecular weight is 447 g/mol. The Balaban J connectivity index is 1.82. The molecular weight excluding hydrogens is 432 g/mol. The van der Waals surface area contributed by atoms with Crippen molar-refractivity contribution in [2.24, 2.45) is 0 Å². The van der Waals surface area contributed by atoms with E-state index in [1.54, 1.807) is 6.92 Å². The van der Waals surface area contributed by atoms with Crippen LogP contribution in [0.1, 0.15) is 11.4 Å². The van der Waals surface area contributed by atoms with E-state index in [4.69, 9.17) is 26.5 Å². The lowest BCUT2D eigenvalue weighted by molar-refractivity contribution is 0.419. The van der Waals surface area contributed by atoms with E-state index in [0.29, 0.717) is 28.2 Å². The van der Waals surface area contributed by atoms with E-state index in [1.807, 2.05) is 30.3 Å². The maximum absolute atomic E-state index is 13.4. The van der Waals surface area contributed by atoms with Crippen LogP contribution in [-0.4, -0.2) is 26.7 Å². The van der Waals surface area contributed by atoms with E-state index < -0.39 is 5.56 Å². The van der Waals surface area contributed by atoms with Gasteiger partial charge in [-0.15, -0.1) is 0 Å². The van der Waals surface area contributed by atoms with E-state index >= 15 is 0 Å². The second kappa shape index (κ2) is 7.14. The van der Waals surface area contributed by atoms with Crippen molar-refractivity contribution in [2.75, 3.05) is 12.8 Å². The molecule has 5 aromatic rings. The number of H-pyrrole nitrogens is 1. The lowest BCUT2D eigenvalue weighted by Gasteiger charge is -2.03. The Morgan fingerprint density at radius 1 is 1.25 bits per heavy atom. The third-order valence-electron chi connectivity index (χ3n) is 5.17. The molecule has 3 aromatic heterocycles. The number of methoxy groups -OCH3 is 1. The molecule has 0 atom stereocenters. The summed E-state index contributed by atoms with van der Waals surface area (Å²) in [5, 5.41) is 12.6. The second-order valence-electron chi connectivity index (χ2n) is 7.05. The molecule has 158 valence electrons. The van der Waals surface area contributed by atoms with Crippen LogP contribution in [0.3, 0.4) is 0 Å². The van der Waals surface area contributed by atoms with Gasteiger partial charge in [-0.2, -0.15) is 9.78 Å². The third-order valence-corrected chi connectivity index (χ3v) is 5.56. The quantitative estimate of drug-likeness (QED) is 0.401. The highest BCUT2D eigenvalue weighted by Gasteiger charge is 2.25. The molecule has 0 radical (unpaired) electrons. The van der Waals surface area contributed by atoms with Crippen molar-refractivity contribution >= 4 is 34.0 Å². The molecule has 0 aliphatic carbocycles. The molecular formula is C22H15ClN6O3. The molecule has 5 rings (SSSR count). The summed E-state index contributed by atoms with van der Waals surface area (Å²) in [4.78, 5) is 22.5. The van der Waals surface area contributed by atoms with Crippen LogP contribution in [0.5, 0.6) is 5.75 Å². The molecule has 0 saturated carbocycles. The molecule has 0 saturated heterocycles. The number of aromatic amines is 1. The number of ether oxygens (including phenoxy) is 1. The zero-order chi connectivity index (χ0) is 22.6. The van der Waals surface area contributed by atoms with Crippen molar-refractivity contribution < 1.29 is 9.15 Å². The van der Waals surface area contributed by atoms with Crippen LogP contribution in [0.2, 0.25) is 5.02 Å².